The van der Waals surface area contributed by atoms with Crippen molar-refractivity contribution >= 4 is 6.03 Å². The zero-order chi connectivity index (χ0) is 22.5. The normalized spacial score (nSPS) is 18.9. The largest absolute Gasteiger partial charge is 0.487 e. The van der Waals surface area contributed by atoms with E-state index in [1.54, 1.807) is 29.2 Å². The molecule has 2 aromatic rings. The lowest BCUT2D eigenvalue weighted by Crippen LogP contribution is -2.45. The molecule has 0 aromatic heterocycles. The van der Waals surface area contributed by atoms with Crippen LogP contribution in [-0.2, 0) is 13.1 Å². The van der Waals surface area contributed by atoms with Crippen LogP contribution in [0.15, 0.2) is 42.5 Å². The van der Waals surface area contributed by atoms with Crippen molar-refractivity contribution in [3.05, 3.63) is 65.2 Å². The highest BCUT2D eigenvalue weighted by Gasteiger charge is 2.26. The summed E-state index contributed by atoms with van der Waals surface area (Å²) >= 11 is 0. The molecule has 1 unspecified atom stereocenters. The predicted molar refractivity (Wildman–Crippen MR) is 119 cm³/mol. The van der Waals surface area contributed by atoms with E-state index in [0.29, 0.717) is 24.7 Å². The second kappa shape index (κ2) is 10.3. The molecular weight excluding hydrogens is 412 g/mol. The van der Waals surface area contributed by atoms with Crippen LogP contribution in [0.4, 0.5) is 13.6 Å². The monoisotopic (exact) mass is 443 g/mol. The van der Waals surface area contributed by atoms with E-state index in [9.17, 15) is 13.6 Å². The van der Waals surface area contributed by atoms with Gasteiger partial charge in [0.2, 0.25) is 0 Å². The lowest BCUT2D eigenvalue weighted by atomic mass is 9.96. The summed E-state index contributed by atoms with van der Waals surface area (Å²) in [6.07, 6.45) is 5.33. The van der Waals surface area contributed by atoms with Crippen LogP contribution in [0, 0.1) is 11.6 Å². The van der Waals surface area contributed by atoms with Crippen molar-refractivity contribution in [2.24, 2.45) is 0 Å². The second-order valence-electron chi connectivity index (χ2n) is 8.88. The summed E-state index contributed by atoms with van der Waals surface area (Å²) in [5.74, 6) is -0.432. The fraction of sp³-hybridized carbons (Fsp3) is 0.480. The van der Waals surface area contributed by atoms with Crippen LogP contribution >= 0.6 is 0 Å². The van der Waals surface area contributed by atoms with Crippen molar-refractivity contribution < 1.29 is 18.3 Å². The van der Waals surface area contributed by atoms with E-state index in [1.807, 2.05) is 0 Å². The van der Waals surface area contributed by atoms with Crippen molar-refractivity contribution in [3.63, 3.8) is 0 Å². The Morgan fingerprint density at radius 3 is 2.47 bits per heavy atom. The highest BCUT2D eigenvalue weighted by molar-refractivity contribution is 5.74. The van der Waals surface area contributed by atoms with Gasteiger partial charge in [-0.1, -0.05) is 18.2 Å². The van der Waals surface area contributed by atoms with Gasteiger partial charge < -0.3 is 19.9 Å². The lowest BCUT2D eigenvalue weighted by Gasteiger charge is -2.29. The van der Waals surface area contributed by atoms with Gasteiger partial charge in [-0.25, -0.2) is 13.6 Å². The van der Waals surface area contributed by atoms with Gasteiger partial charge in [-0.05, 0) is 81.1 Å². The minimum absolute atomic E-state index is 0.115. The Labute approximate surface area is 188 Å². The number of likely N-dealkylation sites (tertiary alicyclic amines) is 1. The summed E-state index contributed by atoms with van der Waals surface area (Å²) in [7, 11) is 2.07. The predicted octanol–water partition coefficient (Wildman–Crippen LogP) is 4.70. The minimum atomic E-state index is -0.403. The Balaban J connectivity index is 1.38. The summed E-state index contributed by atoms with van der Waals surface area (Å²) in [6.45, 7) is 2.21. The van der Waals surface area contributed by atoms with Gasteiger partial charge in [0.15, 0.2) is 11.6 Å². The SMILES string of the molecule is CN1CCCC1CN(Cc1ccc(F)cc1)C(=O)NCc1ccc(OC2CCC2)c(F)c1. The molecule has 1 atom stereocenters. The van der Waals surface area contributed by atoms with Crippen molar-refractivity contribution in [1.82, 2.24) is 15.1 Å². The van der Waals surface area contributed by atoms with Crippen molar-refractivity contribution in [1.29, 1.82) is 0 Å². The highest BCUT2D eigenvalue weighted by atomic mass is 19.1. The van der Waals surface area contributed by atoms with E-state index in [-0.39, 0.29) is 30.2 Å². The van der Waals surface area contributed by atoms with E-state index < -0.39 is 5.82 Å². The van der Waals surface area contributed by atoms with Crippen LogP contribution in [0.25, 0.3) is 0 Å². The first-order valence-electron chi connectivity index (χ1n) is 11.4. The smallest absolute Gasteiger partial charge is 0.318 e. The molecule has 172 valence electrons. The van der Waals surface area contributed by atoms with E-state index in [0.717, 1.165) is 44.2 Å². The maximum atomic E-state index is 14.4. The number of likely N-dealkylation sites (N-methyl/N-ethyl adjacent to an activating group) is 1. The number of carbonyl (C=O) groups excluding carboxylic acids is 1. The fourth-order valence-corrected chi connectivity index (χ4v) is 4.20. The average molecular weight is 444 g/mol. The molecule has 32 heavy (non-hydrogen) atoms. The Hall–Kier alpha value is -2.67. The first-order valence-corrected chi connectivity index (χ1v) is 11.4. The molecule has 2 aromatic carbocycles. The maximum Gasteiger partial charge on any atom is 0.318 e. The van der Waals surface area contributed by atoms with Gasteiger partial charge in [0.1, 0.15) is 5.82 Å². The number of nitrogens with zero attached hydrogens (tertiary/aromatic N) is 2. The van der Waals surface area contributed by atoms with Gasteiger partial charge in [0, 0.05) is 25.7 Å². The number of benzene rings is 2. The molecule has 0 spiro atoms. The van der Waals surface area contributed by atoms with Gasteiger partial charge >= 0.3 is 6.03 Å². The molecule has 7 heteroatoms. The summed E-state index contributed by atoms with van der Waals surface area (Å²) in [5.41, 5.74) is 1.54. The number of hydrogen-bond acceptors (Lipinski definition) is 3. The molecule has 1 saturated carbocycles. The Morgan fingerprint density at radius 1 is 1.09 bits per heavy atom. The van der Waals surface area contributed by atoms with Crippen LogP contribution in [0.1, 0.15) is 43.2 Å². The molecule has 1 heterocycles. The maximum absolute atomic E-state index is 14.4. The van der Waals surface area contributed by atoms with E-state index >= 15 is 0 Å². The Morgan fingerprint density at radius 2 is 1.84 bits per heavy atom. The van der Waals surface area contributed by atoms with E-state index in [4.69, 9.17) is 4.74 Å². The number of rotatable bonds is 8. The molecule has 2 amide bonds. The molecule has 1 aliphatic heterocycles. The fourth-order valence-electron chi connectivity index (χ4n) is 4.20. The number of carbonyl (C=O) groups is 1. The summed E-state index contributed by atoms with van der Waals surface area (Å²) in [6, 6.07) is 11.1. The van der Waals surface area contributed by atoms with Crippen molar-refractivity contribution in [2.75, 3.05) is 20.1 Å². The highest BCUT2D eigenvalue weighted by Crippen LogP contribution is 2.27. The number of hydrogen-bond donors (Lipinski definition) is 1. The quantitative estimate of drug-likeness (QED) is 0.643. The van der Waals surface area contributed by atoms with Crippen molar-refractivity contribution in [2.45, 2.75) is 57.3 Å². The second-order valence-corrected chi connectivity index (χ2v) is 8.88. The first-order chi connectivity index (χ1) is 15.5. The van der Waals surface area contributed by atoms with Crippen LogP contribution in [0.5, 0.6) is 5.75 Å². The molecule has 2 fully saturated rings. The number of nitrogens with one attached hydrogen (secondary N) is 1. The Bertz CT molecular complexity index is 918. The molecule has 0 bridgehead atoms. The van der Waals surface area contributed by atoms with Gasteiger partial charge in [-0.2, -0.15) is 0 Å². The lowest BCUT2D eigenvalue weighted by molar-refractivity contribution is 0.115. The molecule has 0 radical (unpaired) electrons. The third-order valence-corrected chi connectivity index (χ3v) is 6.46. The molecule has 5 nitrogen and oxygen atoms in total. The summed E-state index contributed by atoms with van der Waals surface area (Å²) < 4.78 is 33.3. The van der Waals surface area contributed by atoms with Crippen LogP contribution < -0.4 is 10.1 Å². The van der Waals surface area contributed by atoms with Crippen LogP contribution in [0.3, 0.4) is 0 Å². The van der Waals surface area contributed by atoms with Crippen LogP contribution in [0.2, 0.25) is 0 Å². The zero-order valence-electron chi connectivity index (χ0n) is 18.5. The third-order valence-electron chi connectivity index (χ3n) is 6.46. The summed E-state index contributed by atoms with van der Waals surface area (Å²) in [4.78, 5) is 17.0. The average Bonchev–Trinajstić information content (AvgIpc) is 3.15. The third kappa shape index (κ3) is 5.76. The van der Waals surface area contributed by atoms with E-state index in [1.165, 1.54) is 18.2 Å². The Kier molecular flexibility index (Phi) is 7.25. The van der Waals surface area contributed by atoms with Gasteiger partial charge in [0.05, 0.1) is 6.10 Å². The number of urea groups is 1. The van der Waals surface area contributed by atoms with Crippen molar-refractivity contribution in [3.8, 4) is 5.75 Å². The number of halogens is 2. The molecule has 1 aliphatic carbocycles. The molecule has 4 rings (SSSR count). The summed E-state index contributed by atoms with van der Waals surface area (Å²) in [5, 5.41) is 2.92. The number of amides is 2. The molecular formula is C25H31F2N3O2. The van der Waals surface area contributed by atoms with Gasteiger partial charge in [-0.3, -0.25) is 0 Å². The molecule has 2 aliphatic rings. The molecule has 1 N–H and O–H groups in total. The topological polar surface area (TPSA) is 44.8 Å². The number of ether oxygens (including phenoxy) is 1. The standard InChI is InChI=1S/C25H31F2N3O2/c1-29-13-3-4-21(29)17-30(16-18-7-10-20(26)11-8-18)25(31)28-15-19-9-12-24(23(27)14-19)32-22-5-2-6-22/h7-12,14,21-22H,2-6,13,15-17H2,1H3,(H,28,31). The van der Waals surface area contributed by atoms with Crippen LogP contribution in [-0.4, -0.2) is 48.1 Å². The van der Waals surface area contributed by atoms with E-state index in [2.05, 4.69) is 17.3 Å². The minimum Gasteiger partial charge on any atom is -0.487 e. The molecule has 1 saturated heterocycles. The zero-order valence-corrected chi connectivity index (χ0v) is 18.5. The van der Waals surface area contributed by atoms with Gasteiger partial charge in [-0.15, -0.1) is 0 Å². The van der Waals surface area contributed by atoms with Gasteiger partial charge in [0.25, 0.3) is 0 Å². The first kappa shape index (κ1) is 22.5.